The van der Waals surface area contributed by atoms with Crippen LogP contribution in [0.2, 0.25) is 0 Å². The predicted octanol–water partition coefficient (Wildman–Crippen LogP) is -0.497. The minimum absolute atomic E-state index is 0.676. The second-order valence-corrected chi connectivity index (χ2v) is 5.19. The standard InChI is InChI=1S/C14H31N3O3/c1-16-5-3-15-4-9-18-10-7-17(2)8-12-20-14-13-19-11-6-16/h15H,3-14H2,1-2H3. The highest BCUT2D eigenvalue weighted by molar-refractivity contribution is 4.55. The molecule has 0 amide bonds. The number of hydrogen-bond donors (Lipinski definition) is 1. The van der Waals surface area contributed by atoms with Crippen LogP contribution in [0.3, 0.4) is 0 Å². The molecule has 6 heteroatoms. The van der Waals surface area contributed by atoms with Gasteiger partial charge in [0.25, 0.3) is 0 Å². The van der Waals surface area contributed by atoms with E-state index in [-0.39, 0.29) is 0 Å². The van der Waals surface area contributed by atoms with Crippen LogP contribution in [0.15, 0.2) is 0 Å². The van der Waals surface area contributed by atoms with Gasteiger partial charge in [0.05, 0.1) is 39.6 Å². The molecule has 1 rings (SSSR count). The lowest BCUT2D eigenvalue weighted by molar-refractivity contribution is 0.0313. The Hall–Kier alpha value is -0.240. The highest BCUT2D eigenvalue weighted by atomic mass is 16.5. The first-order chi connectivity index (χ1) is 9.79. The van der Waals surface area contributed by atoms with Crippen LogP contribution < -0.4 is 5.32 Å². The zero-order valence-corrected chi connectivity index (χ0v) is 13.1. The van der Waals surface area contributed by atoms with E-state index in [1.54, 1.807) is 0 Å². The number of nitrogens with zero attached hydrogens (tertiary/aromatic N) is 2. The lowest BCUT2D eigenvalue weighted by Gasteiger charge is -2.19. The largest absolute Gasteiger partial charge is 0.379 e. The van der Waals surface area contributed by atoms with Gasteiger partial charge in [-0.2, -0.15) is 0 Å². The molecular weight excluding hydrogens is 258 g/mol. The lowest BCUT2D eigenvalue weighted by atomic mass is 10.5. The fraction of sp³-hybridized carbons (Fsp3) is 1.00. The van der Waals surface area contributed by atoms with Gasteiger partial charge in [-0.05, 0) is 14.1 Å². The van der Waals surface area contributed by atoms with E-state index in [9.17, 15) is 0 Å². The first kappa shape index (κ1) is 17.8. The smallest absolute Gasteiger partial charge is 0.0701 e. The maximum atomic E-state index is 5.60. The minimum atomic E-state index is 0.676. The molecule has 0 unspecified atom stereocenters. The Labute approximate surface area is 123 Å². The molecule has 1 heterocycles. The van der Waals surface area contributed by atoms with Gasteiger partial charge in [-0.1, -0.05) is 0 Å². The molecular formula is C14H31N3O3. The molecule has 0 aromatic heterocycles. The second-order valence-electron chi connectivity index (χ2n) is 5.19. The van der Waals surface area contributed by atoms with Gasteiger partial charge in [-0.15, -0.1) is 0 Å². The zero-order valence-electron chi connectivity index (χ0n) is 13.1. The van der Waals surface area contributed by atoms with Crippen molar-refractivity contribution < 1.29 is 14.2 Å². The summed E-state index contributed by atoms with van der Waals surface area (Å²) in [4.78, 5) is 4.50. The Kier molecular flexibility index (Phi) is 11.1. The van der Waals surface area contributed by atoms with E-state index in [4.69, 9.17) is 14.2 Å². The number of rotatable bonds is 0. The highest BCUT2D eigenvalue weighted by Crippen LogP contribution is 1.88. The summed E-state index contributed by atoms with van der Waals surface area (Å²) < 4.78 is 16.7. The summed E-state index contributed by atoms with van der Waals surface area (Å²) in [7, 11) is 4.21. The lowest BCUT2D eigenvalue weighted by Crippen LogP contribution is -2.33. The molecule has 0 radical (unpaired) electrons. The van der Waals surface area contributed by atoms with Gasteiger partial charge in [0.2, 0.25) is 0 Å². The molecule has 0 aromatic rings. The first-order valence-electron chi connectivity index (χ1n) is 7.60. The fourth-order valence-corrected chi connectivity index (χ4v) is 1.85. The maximum Gasteiger partial charge on any atom is 0.0701 e. The first-order valence-corrected chi connectivity index (χ1v) is 7.60. The summed E-state index contributed by atoms with van der Waals surface area (Å²) in [5.41, 5.74) is 0. The third-order valence-corrected chi connectivity index (χ3v) is 3.32. The molecule has 0 saturated carbocycles. The van der Waals surface area contributed by atoms with E-state index in [2.05, 4.69) is 29.2 Å². The molecule has 0 aliphatic carbocycles. The van der Waals surface area contributed by atoms with Crippen molar-refractivity contribution in [2.24, 2.45) is 0 Å². The second kappa shape index (κ2) is 12.5. The molecule has 120 valence electrons. The Morgan fingerprint density at radius 2 is 1.10 bits per heavy atom. The van der Waals surface area contributed by atoms with Crippen LogP contribution in [-0.2, 0) is 14.2 Å². The fourth-order valence-electron chi connectivity index (χ4n) is 1.85. The molecule has 20 heavy (non-hydrogen) atoms. The summed E-state index contributed by atoms with van der Waals surface area (Å²) in [5.74, 6) is 0. The van der Waals surface area contributed by atoms with Gasteiger partial charge in [0, 0.05) is 39.3 Å². The summed E-state index contributed by atoms with van der Waals surface area (Å²) in [5, 5.41) is 3.39. The number of likely N-dealkylation sites (N-methyl/N-ethyl adjacent to an activating group) is 2. The molecule has 1 aliphatic rings. The summed E-state index contributed by atoms with van der Waals surface area (Å²) in [6, 6.07) is 0. The van der Waals surface area contributed by atoms with Crippen molar-refractivity contribution in [3.8, 4) is 0 Å². The quantitative estimate of drug-likeness (QED) is 0.649. The van der Waals surface area contributed by atoms with Crippen LogP contribution >= 0.6 is 0 Å². The molecule has 1 N–H and O–H groups in total. The van der Waals surface area contributed by atoms with Gasteiger partial charge in [0.15, 0.2) is 0 Å². The molecule has 1 saturated heterocycles. The van der Waals surface area contributed by atoms with E-state index in [0.29, 0.717) is 13.2 Å². The minimum Gasteiger partial charge on any atom is -0.379 e. The SMILES string of the molecule is CN1CCNCCOCCN(C)CCOCCOCC1. The highest BCUT2D eigenvalue weighted by Gasteiger charge is 2.01. The number of ether oxygens (including phenoxy) is 3. The van der Waals surface area contributed by atoms with E-state index >= 15 is 0 Å². The van der Waals surface area contributed by atoms with Gasteiger partial charge < -0.3 is 29.3 Å². The Balaban J connectivity index is 2.16. The van der Waals surface area contributed by atoms with Crippen LogP contribution in [0.5, 0.6) is 0 Å². The average Bonchev–Trinajstić information content (AvgIpc) is 2.43. The molecule has 1 fully saturated rings. The third kappa shape index (κ3) is 10.5. The third-order valence-electron chi connectivity index (χ3n) is 3.32. The molecule has 0 atom stereocenters. The zero-order chi connectivity index (χ0) is 14.5. The maximum absolute atomic E-state index is 5.60. The molecule has 1 aliphatic heterocycles. The van der Waals surface area contributed by atoms with Crippen LogP contribution in [0, 0.1) is 0 Å². The van der Waals surface area contributed by atoms with E-state index in [0.717, 1.165) is 65.7 Å². The normalized spacial score (nSPS) is 24.9. The van der Waals surface area contributed by atoms with Crippen LogP contribution in [-0.4, -0.2) is 103 Å². The van der Waals surface area contributed by atoms with Crippen LogP contribution in [0.25, 0.3) is 0 Å². The van der Waals surface area contributed by atoms with Gasteiger partial charge in [-0.25, -0.2) is 0 Å². The predicted molar refractivity (Wildman–Crippen MR) is 80.3 cm³/mol. The van der Waals surface area contributed by atoms with E-state index < -0.39 is 0 Å². The van der Waals surface area contributed by atoms with Crippen molar-refractivity contribution in [2.75, 3.05) is 93.0 Å². The molecule has 0 bridgehead atoms. The van der Waals surface area contributed by atoms with Crippen LogP contribution in [0.4, 0.5) is 0 Å². The van der Waals surface area contributed by atoms with Crippen molar-refractivity contribution in [3.05, 3.63) is 0 Å². The molecule has 6 nitrogen and oxygen atoms in total. The van der Waals surface area contributed by atoms with E-state index in [1.807, 2.05) is 0 Å². The number of hydrogen-bond acceptors (Lipinski definition) is 6. The summed E-state index contributed by atoms with van der Waals surface area (Å²) in [6.45, 7) is 10.2. The molecule has 0 aromatic carbocycles. The monoisotopic (exact) mass is 289 g/mol. The van der Waals surface area contributed by atoms with Crippen LogP contribution in [0.1, 0.15) is 0 Å². The Morgan fingerprint density at radius 3 is 1.70 bits per heavy atom. The van der Waals surface area contributed by atoms with Gasteiger partial charge >= 0.3 is 0 Å². The Bertz CT molecular complexity index is 178. The summed E-state index contributed by atoms with van der Waals surface area (Å²) in [6.07, 6.45) is 0. The van der Waals surface area contributed by atoms with Crippen molar-refractivity contribution in [2.45, 2.75) is 0 Å². The van der Waals surface area contributed by atoms with Crippen molar-refractivity contribution in [1.29, 1.82) is 0 Å². The van der Waals surface area contributed by atoms with Crippen molar-refractivity contribution in [1.82, 2.24) is 15.1 Å². The van der Waals surface area contributed by atoms with Gasteiger partial charge in [-0.3, -0.25) is 0 Å². The topological polar surface area (TPSA) is 46.2 Å². The van der Waals surface area contributed by atoms with E-state index in [1.165, 1.54) is 0 Å². The number of nitrogens with one attached hydrogen (secondary N) is 1. The van der Waals surface area contributed by atoms with Gasteiger partial charge in [0.1, 0.15) is 0 Å². The van der Waals surface area contributed by atoms with Crippen molar-refractivity contribution in [3.63, 3.8) is 0 Å². The molecule has 0 spiro atoms. The van der Waals surface area contributed by atoms with Crippen molar-refractivity contribution >= 4 is 0 Å². The Morgan fingerprint density at radius 1 is 0.600 bits per heavy atom. The summed E-state index contributed by atoms with van der Waals surface area (Å²) >= 11 is 0. The average molecular weight is 289 g/mol.